The number of esters is 1. The maximum atomic E-state index is 12.3. The second kappa shape index (κ2) is 6.94. The van der Waals surface area contributed by atoms with Crippen LogP contribution in [-0.2, 0) is 11.3 Å². The van der Waals surface area contributed by atoms with Gasteiger partial charge in [0.25, 0.3) is 0 Å². The van der Waals surface area contributed by atoms with Crippen LogP contribution in [0.1, 0.15) is 16.2 Å². The van der Waals surface area contributed by atoms with Crippen molar-refractivity contribution >= 4 is 44.3 Å². The van der Waals surface area contributed by atoms with Crippen molar-refractivity contribution in [1.29, 1.82) is 0 Å². The maximum absolute atomic E-state index is 12.3. The van der Waals surface area contributed by atoms with Gasteiger partial charge in [-0.05, 0) is 34.1 Å². The van der Waals surface area contributed by atoms with Gasteiger partial charge in [-0.2, -0.15) is 0 Å². The molecule has 3 aromatic rings. The van der Waals surface area contributed by atoms with Gasteiger partial charge in [0.05, 0.1) is 22.7 Å². The van der Waals surface area contributed by atoms with Crippen molar-refractivity contribution in [1.82, 2.24) is 9.97 Å². The second-order valence-electron chi connectivity index (χ2n) is 5.19. The van der Waals surface area contributed by atoms with E-state index in [9.17, 15) is 4.79 Å². The minimum absolute atomic E-state index is 0.114. The zero-order valence-corrected chi connectivity index (χ0v) is 14.9. The summed E-state index contributed by atoms with van der Waals surface area (Å²) in [6, 6.07) is 10.4. The molecule has 0 aliphatic heterocycles. The first kappa shape index (κ1) is 17.0. The van der Waals surface area contributed by atoms with E-state index in [1.165, 1.54) is 7.11 Å². The Morgan fingerprint density at radius 1 is 1.20 bits per heavy atom. The number of benzene rings is 2. The van der Waals surface area contributed by atoms with Crippen molar-refractivity contribution in [3.05, 3.63) is 52.3 Å². The van der Waals surface area contributed by atoms with E-state index in [4.69, 9.17) is 20.9 Å². The van der Waals surface area contributed by atoms with Crippen LogP contribution >= 0.6 is 15.9 Å². The average molecular weight is 403 g/mol. The Balaban J connectivity index is 1.80. The summed E-state index contributed by atoms with van der Waals surface area (Å²) >= 11 is 3.31. The molecule has 0 amide bonds. The van der Waals surface area contributed by atoms with Crippen LogP contribution in [0.15, 0.2) is 40.9 Å². The molecule has 0 atom stereocenters. The highest BCUT2D eigenvalue weighted by Crippen LogP contribution is 2.30. The number of ether oxygens (including phenoxy) is 2. The first-order valence-electron chi connectivity index (χ1n) is 7.31. The molecule has 3 rings (SSSR count). The summed E-state index contributed by atoms with van der Waals surface area (Å²) in [5, 5.41) is 0.751. The summed E-state index contributed by atoms with van der Waals surface area (Å²) in [6.07, 6.45) is 0. The van der Waals surface area contributed by atoms with Gasteiger partial charge in [-0.15, -0.1) is 0 Å². The smallest absolute Gasteiger partial charge is 0.340 e. The lowest BCUT2D eigenvalue weighted by atomic mass is 10.2. The molecular weight excluding hydrogens is 388 g/mol. The van der Waals surface area contributed by atoms with Crippen molar-refractivity contribution < 1.29 is 14.3 Å². The molecule has 0 aliphatic rings. The van der Waals surface area contributed by atoms with E-state index in [1.54, 1.807) is 12.1 Å². The van der Waals surface area contributed by atoms with E-state index in [2.05, 4.69) is 25.9 Å². The molecule has 1 aromatic heterocycles. The number of carbonyl (C=O) groups excluding carboxylic acids is 1. The summed E-state index contributed by atoms with van der Waals surface area (Å²) in [6.45, 7) is -0.114. The first-order chi connectivity index (χ1) is 12.0. The molecule has 1 heterocycles. The highest BCUT2D eigenvalue weighted by molar-refractivity contribution is 9.10. The fraction of sp³-hybridized carbons (Fsp3) is 0.118. The number of rotatable bonds is 4. The number of hydrogen-bond donors (Lipinski definition) is 2. The Labute approximate surface area is 152 Å². The number of nitrogens with zero attached hydrogens (tertiary/aromatic N) is 2. The van der Waals surface area contributed by atoms with Crippen LogP contribution in [0.2, 0.25) is 0 Å². The monoisotopic (exact) mass is 402 g/mol. The third kappa shape index (κ3) is 3.48. The minimum atomic E-state index is -0.587. The topological polar surface area (TPSA) is 113 Å². The number of anilines is 2. The molecule has 2 aromatic carbocycles. The highest BCUT2D eigenvalue weighted by Gasteiger charge is 2.16. The fourth-order valence-electron chi connectivity index (χ4n) is 2.33. The maximum Gasteiger partial charge on any atom is 0.340 e. The number of nitrogens with two attached hydrogens (primary N) is 2. The highest BCUT2D eigenvalue weighted by atomic mass is 79.9. The molecule has 0 unspecified atom stereocenters. The Morgan fingerprint density at radius 2 is 1.96 bits per heavy atom. The molecule has 0 spiro atoms. The van der Waals surface area contributed by atoms with Gasteiger partial charge in [-0.1, -0.05) is 12.1 Å². The number of methoxy groups -OCH3 is 1. The predicted octanol–water partition coefficient (Wildman–Crippen LogP) is 2.92. The van der Waals surface area contributed by atoms with E-state index >= 15 is 0 Å². The number of hydrogen-bond acceptors (Lipinski definition) is 7. The SMILES string of the molecule is COc1cc(N)c(C(=O)OCc2nc(N)c3ccccc3n2)cc1Br. The summed E-state index contributed by atoms with van der Waals surface area (Å²) in [5.41, 5.74) is 13.0. The van der Waals surface area contributed by atoms with Crippen LogP contribution in [-0.4, -0.2) is 23.0 Å². The van der Waals surface area contributed by atoms with Gasteiger partial charge >= 0.3 is 5.97 Å². The number of halogens is 1. The Morgan fingerprint density at radius 3 is 2.72 bits per heavy atom. The van der Waals surface area contributed by atoms with E-state index < -0.39 is 5.97 Å². The Hall–Kier alpha value is -2.87. The average Bonchev–Trinajstić information content (AvgIpc) is 2.61. The number of fused-ring (bicyclic) bond motifs is 1. The number of aromatic nitrogens is 2. The van der Waals surface area contributed by atoms with Crippen molar-refractivity contribution in [2.75, 3.05) is 18.6 Å². The molecular formula is C17H15BrN4O3. The number of para-hydroxylation sites is 1. The summed E-state index contributed by atoms with van der Waals surface area (Å²) in [7, 11) is 1.51. The minimum Gasteiger partial charge on any atom is -0.495 e. The molecule has 0 saturated heterocycles. The summed E-state index contributed by atoms with van der Waals surface area (Å²) in [5.74, 6) is 0.593. The molecule has 25 heavy (non-hydrogen) atoms. The van der Waals surface area contributed by atoms with Crippen molar-refractivity contribution in [3.63, 3.8) is 0 Å². The second-order valence-corrected chi connectivity index (χ2v) is 6.05. The first-order valence-corrected chi connectivity index (χ1v) is 8.10. The van der Waals surface area contributed by atoms with E-state index in [0.717, 1.165) is 5.39 Å². The fourth-order valence-corrected chi connectivity index (χ4v) is 2.83. The molecule has 0 saturated carbocycles. The van der Waals surface area contributed by atoms with Gasteiger partial charge in [0.1, 0.15) is 11.6 Å². The Bertz CT molecular complexity index is 962. The van der Waals surface area contributed by atoms with Crippen molar-refractivity contribution in [3.8, 4) is 5.75 Å². The van der Waals surface area contributed by atoms with Gasteiger partial charge in [0.15, 0.2) is 12.4 Å². The van der Waals surface area contributed by atoms with Crippen LogP contribution < -0.4 is 16.2 Å². The quantitative estimate of drug-likeness (QED) is 0.509. The van der Waals surface area contributed by atoms with Crippen LogP contribution in [0.3, 0.4) is 0 Å². The molecule has 4 N–H and O–H groups in total. The largest absolute Gasteiger partial charge is 0.495 e. The predicted molar refractivity (Wildman–Crippen MR) is 98.2 cm³/mol. The van der Waals surface area contributed by atoms with Crippen LogP contribution in [0.4, 0.5) is 11.5 Å². The zero-order valence-electron chi connectivity index (χ0n) is 13.3. The van der Waals surface area contributed by atoms with Crippen LogP contribution in [0, 0.1) is 0 Å². The van der Waals surface area contributed by atoms with Crippen molar-refractivity contribution in [2.24, 2.45) is 0 Å². The van der Waals surface area contributed by atoms with Crippen LogP contribution in [0.5, 0.6) is 5.75 Å². The van der Waals surface area contributed by atoms with E-state index in [0.29, 0.717) is 27.4 Å². The Kier molecular flexibility index (Phi) is 4.71. The van der Waals surface area contributed by atoms with Gasteiger partial charge in [0.2, 0.25) is 0 Å². The number of nitrogen functional groups attached to an aromatic ring is 2. The van der Waals surface area contributed by atoms with E-state index in [1.807, 2.05) is 24.3 Å². The normalized spacial score (nSPS) is 10.6. The molecule has 8 heteroatoms. The van der Waals surface area contributed by atoms with Crippen LogP contribution in [0.25, 0.3) is 10.9 Å². The standard InChI is InChI=1S/C17H15BrN4O3/c1-24-14-7-12(19)10(6-11(14)18)17(23)25-8-15-21-13-5-3-2-4-9(13)16(20)22-15/h2-7H,8,19H2,1H3,(H2,20,21,22). The molecule has 0 radical (unpaired) electrons. The third-order valence-corrected chi connectivity index (χ3v) is 4.17. The lowest BCUT2D eigenvalue weighted by Crippen LogP contribution is -2.11. The molecule has 0 fully saturated rings. The van der Waals surface area contributed by atoms with Gasteiger partial charge in [0, 0.05) is 17.1 Å². The number of carbonyl (C=O) groups is 1. The summed E-state index contributed by atoms with van der Waals surface area (Å²) in [4.78, 5) is 20.8. The molecule has 7 nitrogen and oxygen atoms in total. The van der Waals surface area contributed by atoms with Gasteiger partial charge in [-0.25, -0.2) is 14.8 Å². The zero-order chi connectivity index (χ0) is 18.0. The molecule has 128 valence electrons. The van der Waals surface area contributed by atoms with Gasteiger partial charge in [-0.3, -0.25) is 0 Å². The molecule has 0 bridgehead atoms. The van der Waals surface area contributed by atoms with E-state index in [-0.39, 0.29) is 17.9 Å². The lowest BCUT2D eigenvalue weighted by Gasteiger charge is -2.10. The van der Waals surface area contributed by atoms with Crippen molar-refractivity contribution in [2.45, 2.75) is 6.61 Å². The van der Waals surface area contributed by atoms with Gasteiger partial charge < -0.3 is 20.9 Å². The third-order valence-electron chi connectivity index (χ3n) is 3.56. The lowest BCUT2D eigenvalue weighted by molar-refractivity contribution is 0.0464. The summed E-state index contributed by atoms with van der Waals surface area (Å²) < 4.78 is 11.0. The molecule has 0 aliphatic carbocycles.